The molecule has 8 nitrogen and oxygen atoms in total. The van der Waals surface area contributed by atoms with Gasteiger partial charge in [-0.2, -0.15) is 5.26 Å². The van der Waals surface area contributed by atoms with Crippen molar-refractivity contribution in [2.75, 3.05) is 33.2 Å². The van der Waals surface area contributed by atoms with Gasteiger partial charge in [0, 0.05) is 43.4 Å². The van der Waals surface area contributed by atoms with E-state index in [9.17, 15) is 14.4 Å². The van der Waals surface area contributed by atoms with E-state index >= 15 is 0 Å². The van der Waals surface area contributed by atoms with Crippen molar-refractivity contribution in [3.8, 4) is 6.07 Å². The third-order valence-electron chi connectivity index (χ3n) is 8.92. The number of halogens is 1. The first-order valence-corrected chi connectivity index (χ1v) is 13.4. The van der Waals surface area contributed by atoms with E-state index in [2.05, 4.69) is 51.7 Å². The highest BCUT2D eigenvalue weighted by molar-refractivity contribution is 5.78. The first-order chi connectivity index (χ1) is 16.5. The van der Waals surface area contributed by atoms with E-state index in [4.69, 9.17) is 0 Å². The van der Waals surface area contributed by atoms with Crippen molar-refractivity contribution in [1.82, 2.24) is 31.7 Å². The molecule has 4 fully saturated rings. The summed E-state index contributed by atoms with van der Waals surface area (Å²) < 4.78 is 14.4. The summed E-state index contributed by atoms with van der Waals surface area (Å²) in [6.07, 6.45) is 7.03. The molecule has 1 amide bonds. The Labute approximate surface area is 204 Å². The van der Waals surface area contributed by atoms with E-state index in [0.717, 1.165) is 64.5 Å². The van der Waals surface area contributed by atoms with E-state index in [1.165, 1.54) is 0 Å². The SMILES string of the molecule is CC1CCC(C#N)CC1CNC(=O)C1CCCC(NCC2NNC(C3CCNCC3F)N2C)C1. The lowest BCUT2D eigenvalue weighted by atomic mass is 9.75. The Morgan fingerprint density at radius 1 is 1.15 bits per heavy atom. The van der Waals surface area contributed by atoms with Gasteiger partial charge in [0.25, 0.3) is 0 Å². The summed E-state index contributed by atoms with van der Waals surface area (Å²) in [5.74, 6) is 1.34. The normalized spacial score (nSPS) is 41.6. The van der Waals surface area contributed by atoms with Gasteiger partial charge in [-0.25, -0.2) is 15.2 Å². The molecule has 4 rings (SSSR count). The number of hydrogen-bond acceptors (Lipinski definition) is 7. The molecule has 9 atom stereocenters. The predicted octanol–water partition coefficient (Wildman–Crippen LogP) is 1.47. The molecule has 2 aliphatic carbocycles. The molecule has 5 N–H and O–H groups in total. The van der Waals surface area contributed by atoms with Gasteiger partial charge in [0.1, 0.15) is 6.17 Å². The summed E-state index contributed by atoms with van der Waals surface area (Å²) >= 11 is 0. The quantitative estimate of drug-likeness (QED) is 0.378. The van der Waals surface area contributed by atoms with E-state index in [-0.39, 0.29) is 36.0 Å². The van der Waals surface area contributed by atoms with Crippen LogP contribution in [0.2, 0.25) is 0 Å². The van der Waals surface area contributed by atoms with Crippen LogP contribution in [0.3, 0.4) is 0 Å². The van der Waals surface area contributed by atoms with Gasteiger partial charge >= 0.3 is 0 Å². The molecule has 0 aromatic rings. The number of nitriles is 1. The Kier molecular flexibility index (Phi) is 9.16. The molecule has 0 radical (unpaired) electrons. The maximum Gasteiger partial charge on any atom is 0.223 e. The standard InChI is InChI=1S/C25H44FN7O/c1-16-6-7-17(12-27)10-19(16)13-30-25(34)18-4-3-5-20(11-18)29-15-23-31-32-24(33(23)2)21-8-9-28-14-22(21)26/h16-24,28-29,31-32H,3-11,13-15H2,1-2H3,(H,30,34). The smallest absolute Gasteiger partial charge is 0.223 e. The zero-order chi connectivity index (χ0) is 24.1. The largest absolute Gasteiger partial charge is 0.356 e. The number of hydrogen-bond donors (Lipinski definition) is 5. The van der Waals surface area contributed by atoms with Crippen molar-refractivity contribution in [3.05, 3.63) is 0 Å². The highest BCUT2D eigenvalue weighted by atomic mass is 19.1. The molecule has 2 saturated carbocycles. The molecule has 2 saturated heterocycles. The Bertz CT molecular complexity index is 718. The maximum atomic E-state index is 14.4. The summed E-state index contributed by atoms with van der Waals surface area (Å²) in [5, 5.41) is 19.3. The molecule has 9 unspecified atom stereocenters. The summed E-state index contributed by atoms with van der Waals surface area (Å²) in [5.41, 5.74) is 6.66. The molecular formula is C25H44FN7O. The van der Waals surface area contributed by atoms with E-state index < -0.39 is 6.17 Å². The highest BCUT2D eigenvalue weighted by Crippen LogP contribution is 2.33. The summed E-state index contributed by atoms with van der Waals surface area (Å²) in [4.78, 5) is 15.1. The topological polar surface area (TPSA) is 104 Å². The number of carbonyl (C=O) groups is 1. The van der Waals surface area contributed by atoms with Crippen molar-refractivity contribution >= 4 is 5.91 Å². The summed E-state index contributed by atoms with van der Waals surface area (Å²) in [7, 11) is 2.05. The monoisotopic (exact) mass is 477 g/mol. The number of piperidine rings is 1. The van der Waals surface area contributed by atoms with E-state index in [1.54, 1.807) is 0 Å². The fourth-order valence-electron chi connectivity index (χ4n) is 6.46. The average Bonchev–Trinajstić information content (AvgIpc) is 3.22. The number of nitrogens with zero attached hydrogens (tertiary/aromatic N) is 2. The minimum Gasteiger partial charge on any atom is -0.356 e. The van der Waals surface area contributed by atoms with Crippen molar-refractivity contribution in [2.45, 2.75) is 82.8 Å². The van der Waals surface area contributed by atoms with Crippen LogP contribution in [0.4, 0.5) is 4.39 Å². The number of likely N-dealkylation sites (N-methyl/N-ethyl adjacent to an activating group) is 1. The fourth-order valence-corrected chi connectivity index (χ4v) is 6.46. The molecule has 2 aliphatic heterocycles. The molecule has 192 valence electrons. The molecule has 0 bridgehead atoms. The van der Waals surface area contributed by atoms with Crippen LogP contribution in [0.15, 0.2) is 0 Å². The third kappa shape index (κ3) is 6.27. The number of carbonyl (C=O) groups excluding carboxylic acids is 1. The van der Waals surface area contributed by atoms with Crippen molar-refractivity contribution in [1.29, 1.82) is 5.26 Å². The zero-order valence-electron chi connectivity index (χ0n) is 20.9. The predicted molar refractivity (Wildman–Crippen MR) is 130 cm³/mol. The van der Waals surface area contributed by atoms with Crippen LogP contribution in [-0.2, 0) is 4.79 Å². The summed E-state index contributed by atoms with van der Waals surface area (Å²) in [6.45, 7) is 5.00. The van der Waals surface area contributed by atoms with E-state index in [0.29, 0.717) is 31.0 Å². The van der Waals surface area contributed by atoms with Crippen LogP contribution in [-0.4, -0.2) is 68.6 Å². The second-order valence-electron chi connectivity index (χ2n) is 11.2. The molecule has 9 heteroatoms. The Morgan fingerprint density at radius 3 is 2.79 bits per heavy atom. The Balaban J connectivity index is 1.20. The molecule has 0 aromatic heterocycles. The second kappa shape index (κ2) is 12.1. The number of hydrazine groups is 1. The fraction of sp³-hybridized carbons (Fsp3) is 0.920. The molecular weight excluding hydrogens is 433 g/mol. The molecule has 0 spiro atoms. The van der Waals surface area contributed by atoms with Crippen LogP contribution in [0, 0.1) is 40.9 Å². The second-order valence-corrected chi connectivity index (χ2v) is 11.2. The van der Waals surface area contributed by atoms with Gasteiger partial charge in [-0.15, -0.1) is 0 Å². The maximum absolute atomic E-state index is 14.4. The van der Waals surface area contributed by atoms with Crippen molar-refractivity contribution in [3.63, 3.8) is 0 Å². The highest BCUT2D eigenvalue weighted by Gasteiger charge is 2.40. The van der Waals surface area contributed by atoms with Gasteiger partial charge in [-0.05, 0) is 70.4 Å². The lowest BCUT2D eigenvalue weighted by Crippen LogP contribution is -2.52. The number of amides is 1. The van der Waals surface area contributed by atoms with Gasteiger partial charge < -0.3 is 16.0 Å². The minimum atomic E-state index is -0.831. The number of rotatable bonds is 7. The number of nitrogens with one attached hydrogen (secondary N) is 5. The van der Waals surface area contributed by atoms with Crippen LogP contribution in [0.1, 0.15) is 58.3 Å². The van der Waals surface area contributed by atoms with Crippen molar-refractivity contribution in [2.24, 2.45) is 29.6 Å². The van der Waals surface area contributed by atoms with Crippen molar-refractivity contribution < 1.29 is 9.18 Å². The van der Waals surface area contributed by atoms with Crippen LogP contribution in [0.5, 0.6) is 0 Å². The Morgan fingerprint density at radius 2 is 2.00 bits per heavy atom. The Hall–Kier alpha value is -1.31. The van der Waals surface area contributed by atoms with Gasteiger partial charge in [0.15, 0.2) is 0 Å². The van der Waals surface area contributed by atoms with Crippen LogP contribution >= 0.6 is 0 Å². The number of alkyl halides is 1. The lowest BCUT2D eigenvalue weighted by molar-refractivity contribution is -0.126. The molecule has 2 heterocycles. The first kappa shape index (κ1) is 25.8. The van der Waals surface area contributed by atoms with Gasteiger partial charge in [0.2, 0.25) is 5.91 Å². The zero-order valence-corrected chi connectivity index (χ0v) is 20.9. The van der Waals surface area contributed by atoms with Gasteiger partial charge in [-0.3, -0.25) is 9.69 Å². The average molecular weight is 478 g/mol. The van der Waals surface area contributed by atoms with Gasteiger partial charge in [0.05, 0.1) is 18.4 Å². The molecule has 34 heavy (non-hydrogen) atoms. The first-order valence-electron chi connectivity index (χ1n) is 13.4. The van der Waals surface area contributed by atoms with Gasteiger partial charge in [-0.1, -0.05) is 13.3 Å². The molecule has 4 aliphatic rings. The lowest BCUT2D eigenvalue weighted by Gasteiger charge is -2.35. The van der Waals surface area contributed by atoms with E-state index in [1.807, 2.05) is 0 Å². The molecule has 0 aromatic carbocycles. The third-order valence-corrected chi connectivity index (χ3v) is 8.92. The van der Waals surface area contributed by atoms with Crippen LogP contribution < -0.4 is 26.8 Å². The minimum absolute atomic E-state index is 0.00316. The van der Waals surface area contributed by atoms with Crippen LogP contribution in [0.25, 0.3) is 0 Å². The summed E-state index contributed by atoms with van der Waals surface area (Å²) in [6, 6.07) is 2.74.